The largest absolute Gasteiger partial charge is 0.416 e. The van der Waals surface area contributed by atoms with Crippen LogP contribution >= 0.6 is 11.3 Å². The Bertz CT molecular complexity index is 558. The Morgan fingerprint density at radius 1 is 1.11 bits per heavy atom. The van der Waals surface area contributed by atoms with Crippen LogP contribution in [0.25, 0.3) is 10.1 Å². The molecule has 0 saturated heterocycles. The summed E-state index contributed by atoms with van der Waals surface area (Å²) in [5.74, 6) is 0. The number of fused-ring (bicyclic) bond motifs is 1. The summed E-state index contributed by atoms with van der Waals surface area (Å²) in [6.45, 7) is 6.26. The number of thiophene rings is 1. The molecule has 0 N–H and O–H groups in total. The second-order valence-corrected chi connectivity index (χ2v) is 6.62. The van der Waals surface area contributed by atoms with Crippen molar-refractivity contribution in [2.45, 2.75) is 33.4 Å². The first-order chi connectivity index (χ1) is 8.17. The zero-order valence-electron chi connectivity index (χ0n) is 10.6. The minimum absolute atomic E-state index is 0.0717. The highest BCUT2D eigenvalue weighted by molar-refractivity contribution is 7.17. The minimum atomic E-state index is -4.27. The van der Waals surface area contributed by atoms with E-state index in [1.807, 2.05) is 5.38 Å². The van der Waals surface area contributed by atoms with Crippen molar-refractivity contribution < 1.29 is 13.2 Å². The van der Waals surface area contributed by atoms with Gasteiger partial charge >= 0.3 is 6.18 Å². The lowest BCUT2D eigenvalue weighted by molar-refractivity contribution is -0.137. The predicted molar refractivity (Wildman–Crippen MR) is 70.0 cm³/mol. The van der Waals surface area contributed by atoms with Crippen molar-refractivity contribution in [3.05, 3.63) is 34.7 Å². The zero-order valence-corrected chi connectivity index (χ0v) is 11.4. The molecule has 0 bridgehead atoms. The number of hydrogen-bond acceptors (Lipinski definition) is 1. The van der Waals surface area contributed by atoms with E-state index in [9.17, 15) is 13.2 Å². The molecule has 0 saturated carbocycles. The van der Waals surface area contributed by atoms with Crippen molar-refractivity contribution in [2.24, 2.45) is 5.41 Å². The van der Waals surface area contributed by atoms with Gasteiger partial charge in [0, 0.05) is 4.70 Å². The Labute approximate surface area is 108 Å². The lowest BCUT2D eigenvalue weighted by Gasteiger charge is -2.17. The van der Waals surface area contributed by atoms with Crippen LogP contribution in [0.3, 0.4) is 0 Å². The van der Waals surface area contributed by atoms with Gasteiger partial charge in [0.25, 0.3) is 0 Å². The van der Waals surface area contributed by atoms with Crippen LogP contribution in [0.4, 0.5) is 13.2 Å². The van der Waals surface area contributed by atoms with Gasteiger partial charge in [-0.25, -0.2) is 0 Å². The number of rotatable bonds is 1. The Kier molecular flexibility index (Phi) is 3.18. The number of halogens is 3. The van der Waals surface area contributed by atoms with Crippen LogP contribution in [0.1, 0.15) is 31.9 Å². The van der Waals surface area contributed by atoms with Crippen LogP contribution in [-0.4, -0.2) is 0 Å². The molecule has 1 aromatic heterocycles. The summed E-state index contributed by atoms with van der Waals surface area (Å²) in [5, 5.41) is 2.71. The Balaban J connectivity index is 2.50. The van der Waals surface area contributed by atoms with Gasteiger partial charge in [0.2, 0.25) is 0 Å². The van der Waals surface area contributed by atoms with Gasteiger partial charge in [-0.1, -0.05) is 20.8 Å². The molecule has 0 aliphatic carbocycles. The standard InChI is InChI=1S/C14H15F3S/c1-13(2,3)7-9-8-18-12-5-4-10(6-11(9)12)14(15,16)17/h4-6,8H,7H2,1-3H3. The molecule has 4 heteroatoms. The molecule has 0 radical (unpaired) electrons. The lowest BCUT2D eigenvalue weighted by Crippen LogP contribution is -2.09. The molecule has 0 fully saturated rings. The minimum Gasteiger partial charge on any atom is -0.166 e. The Morgan fingerprint density at radius 2 is 1.78 bits per heavy atom. The molecule has 0 amide bonds. The second kappa shape index (κ2) is 4.26. The Hall–Kier alpha value is -1.03. The highest BCUT2D eigenvalue weighted by atomic mass is 32.1. The lowest BCUT2D eigenvalue weighted by atomic mass is 9.88. The summed E-state index contributed by atoms with van der Waals surface area (Å²) in [4.78, 5) is 0. The van der Waals surface area contributed by atoms with Crippen LogP contribution in [0.2, 0.25) is 0 Å². The van der Waals surface area contributed by atoms with Gasteiger partial charge in [-0.05, 0) is 46.4 Å². The van der Waals surface area contributed by atoms with E-state index >= 15 is 0 Å². The average Bonchev–Trinajstić information content (AvgIpc) is 2.57. The summed E-state index contributed by atoms with van der Waals surface area (Å²) in [7, 11) is 0. The molecule has 18 heavy (non-hydrogen) atoms. The van der Waals surface area contributed by atoms with E-state index in [1.54, 1.807) is 6.07 Å². The van der Waals surface area contributed by atoms with Gasteiger partial charge in [-0.15, -0.1) is 11.3 Å². The van der Waals surface area contributed by atoms with Gasteiger partial charge in [-0.2, -0.15) is 13.2 Å². The maximum absolute atomic E-state index is 12.7. The van der Waals surface area contributed by atoms with E-state index in [-0.39, 0.29) is 5.41 Å². The Morgan fingerprint density at radius 3 is 2.33 bits per heavy atom. The highest BCUT2D eigenvalue weighted by Crippen LogP contribution is 2.36. The summed E-state index contributed by atoms with van der Waals surface area (Å²) >= 11 is 1.51. The van der Waals surface area contributed by atoms with Crippen LogP contribution in [0, 0.1) is 5.41 Å². The van der Waals surface area contributed by atoms with Crippen molar-refractivity contribution in [3.63, 3.8) is 0 Å². The fourth-order valence-corrected chi connectivity index (χ4v) is 2.91. The third-order valence-electron chi connectivity index (χ3n) is 2.70. The summed E-state index contributed by atoms with van der Waals surface area (Å²) < 4.78 is 39.0. The normalized spacial score (nSPS) is 13.2. The molecule has 0 nitrogen and oxygen atoms in total. The van der Waals surface area contributed by atoms with Crippen molar-refractivity contribution in [1.82, 2.24) is 0 Å². The predicted octanol–water partition coefficient (Wildman–Crippen LogP) is 5.51. The van der Waals surface area contributed by atoms with Gasteiger partial charge in [0.1, 0.15) is 0 Å². The fourth-order valence-electron chi connectivity index (χ4n) is 1.97. The maximum Gasteiger partial charge on any atom is 0.416 e. The second-order valence-electron chi connectivity index (χ2n) is 5.71. The number of alkyl halides is 3. The van der Waals surface area contributed by atoms with Gasteiger partial charge in [0.05, 0.1) is 5.56 Å². The van der Waals surface area contributed by atoms with Crippen molar-refractivity contribution in [2.75, 3.05) is 0 Å². The third-order valence-corrected chi connectivity index (χ3v) is 3.71. The fraction of sp³-hybridized carbons (Fsp3) is 0.429. The number of benzene rings is 1. The topological polar surface area (TPSA) is 0 Å². The molecule has 1 aromatic carbocycles. The smallest absolute Gasteiger partial charge is 0.166 e. The maximum atomic E-state index is 12.7. The first-order valence-electron chi connectivity index (χ1n) is 5.74. The molecule has 0 spiro atoms. The summed E-state index contributed by atoms with van der Waals surface area (Å²) in [6.07, 6.45) is -3.48. The van der Waals surface area contributed by atoms with E-state index in [0.29, 0.717) is 0 Å². The van der Waals surface area contributed by atoms with E-state index in [4.69, 9.17) is 0 Å². The van der Waals surface area contributed by atoms with Crippen LogP contribution in [-0.2, 0) is 12.6 Å². The summed E-state index contributed by atoms with van der Waals surface area (Å²) in [5.41, 5.74) is 0.513. The zero-order chi connectivity index (χ0) is 13.6. The third kappa shape index (κ3) is 2.86. The SMILES string of the molecule is CC(C)(C)Cc1csc2ccc(C(F)(F)F)cc12. The van der Waals surface area contributed by atoms with Gasteiger partial charge in [0.15, 0.2) is 0 Å². The van der Waals surface area contributed by atoms with Gasteiger partial charge < -0.3 is 0 Å². The van der Waals surface area contributed by atoms with Gasteiger partial charge in [-0.3, -0.25) is 0 Å². The van der Waals surface area contributed by atoms with Crippen molar-refractivity contribution >= 4 is 21.4 Å². The van der Waals surface area contributed by atoms with E-state index in [2.05, 4.69) is 20.8 Å². The summed E-state index contributed by atoms with van der Waals surface area (Å²) in [6, 6.07) is 3.99. The van der Waals surface area contributed by atoms with E-state index in [0.717, 1.165) is 28.1 Å². The average molecular weight is 272 g/mol. The molecule has 0 aliphatic rings. The van der Waals surface area contributed by atoms with E-state index < -0.39 is 11.7 Å². The molecular weight excluding hydrogens is 257 g/mol. The molecular formula is C14H15F3S. The molecule has 2 rings (SSSR count). The number of hydrogen-bond donors (Lipinski definition) is 0. The van der Waals surface area contributed by atoms with Crippen molar-refractivity contribution in [1.29, 1.82) is 0 Å². The molecule has 0 aliphatic heterocycles. The first-order valence-corrected chi connectivity index (χ1v) is 6.62. The molecule has 1 heterocycles. The molecule has 2 aromatic rings. The quantitative estimate of drug-likeness (QED) is 0.642. The molecule has 98 valence electrons. The van der Waals surface area contributed by atoms with Crippen LogP contribution in [0.5, 0.6) is 0 Å². The van der Waals surface area contributed by atoms with Crippen LogP contribution < -0.4 is 0 Å². The van der Waals surface area contributed by atoms with E-state index in [1.165, 1.54) is 17.4 Å². The molecule has 0 unspecified atom stereocenters. The van der Waals surface area contributed by atoms with Crippen LogP contribution in [0.15, 0.2) is 23.6 Å². The monoisotopic (exact) mass is 272 g/mol. The highest BCUT2D eigenvalue weighted by Gasteiger charge is 2.30. The molecule has 0 atom stereocenters. The first kappa shape index (κ1) is 13.4. The van der Waals surface area contributed by atoms with Crippen molar-refractivity contribution in [3.8, 4) is 0 Å².